The van der Waals surface area contributed by atoms with Crippen molar-refractivity contribution in [2.45, 2.75) is 58.7 Å². The van der Waals surface area contributed by atoms with Gasteiger partial charge in [0.25, 0.3) is 17.7 Å². The van der Waals surface area contributed by atoms with E-state index in [1.807, 2.05) is 13.8 Å². The Morgan fingerprint density at radius 3 is 2.50 bits per heavy atom. The molecule has 13 heteroatoms. The van der Waals surface area contributed by atoms with E-state index in [0.29, 0.717) is 23.3 Å². The van der Waals surface area contributed by atoms with E-state index in [4.69, 9.17) is 20.6 Å². The van der Waals surface area contributed by atoms with Gasteiger partial charge in [0.15, 0.2) is 9.03 Å². The van der Waals surface area contributed by atoms with Crippen LogP contribution in [0.1, 0.15) is 60.7 Å². The Morgan fingerprint density at radius 1 is 1.12 bits per heavy atom. The van der Waals surface area contributed by atoms with Crippen LogP contribution in [-0.4, -0.2) is 52.8 Å². The zero-order chi connectivity index (χ0) is 29.4. The maximum atomic E-state index is 14.5. The van der Waals surface area contributed by atoms with E-state index in [2.05, 4.69) is 5.32 Å². The lowest BCUT2D eigenvalue weighted by Gasteiger charge is -2.35. The Kier molecular flexibility index (Phi) is 11.1. The Morgan fingerprint density at radius 2 is 1.82 bits per heavy atom. The molecule has 2 heterocycles. The number of halogens is 3. The zero-order valence-electron chi connectivity index (χ0n) is 22.3. The predicted octanol–water partition coefficient (Wildman–Crippen LogP) is 4.77. The number of hydrogen-bond acceptors (Lipinski definition) is 6. The molecule has 216 valence electrons. The minimum atomic E-state index is -3.76. The fourth-order valence-corrected chi connectivity index (χ4v) is 4.79. The van der Waals surface area contributed by atoms with Crippen molar-refractivity contribution >= 4 is 44.3 Å². The molecule has 0 bridgehead atoms. The molecule has 1 saturated heterocycles. The van der Waals surface area contributed by atoms with Crippen molar-refractivity contribution in [3.05, 3.63) is 69.7 Å². The molecule has 0 spiro atoms. The topological polar surface area (TPSA) is 105 Å². The fourth-order valence-electron chi connectivity index (χ4n) is 4.28. The molecule has 2 atom stereocenters. The van der Waals surface area contributed by atoms with E-state index in [9.17, 15) is 28.0 Å². The van der Waals surface area contributed by atoms with Crippen molar-refractivity contribution in [1.29, 1.82) is 0 Å². The normalized spacial score (nSPS) is 17.2. The van der Waals surface area contributed by atoms with Crippen molar-refractivity contribution in [3.63, 3.8) is 0 Å². The summed E-state index contributed by atoms with van der Waals surface area (Å²) in [5.41, 5.74) is 0.993. The van der Waals surface area contributed by atoms with Gasteiger partial charge in [-0.05, 0) is 42.7 Å². The largest absolute Gasteiger partial charge is 0.349 e. The van der Waals surface area contributed by atoms with Crippen LogP contribution in [-0.2, 0) is 42.4 Å². The summed E-state index contributed by atoms with van der Waals surface area (Å²) in [4.78, 5) is 53.0. The van der Waals surface area contributed by atoms with Gasteiger partial charge in [0.1, 0.15) is 12.8 Å². The molecule has 2 unspecified atom stereocenters. The van der Waals surface area contributed by atoms with E-state index >= 15 is 0 Å². The maximum absolute atomic E-state index is 14.5. The molecule has 0 radical (unpaired) electrons. The third kappa shape index (κ3) is 7.01. The number of amides is 4. The number of nitrogens with zero attached hydrogens (tertiary/aromatic N) is 2. The van der Waals surface area contributed by atoms with Crippen molar-refractivity contribution in [1.82, 2.24) is 15.1 Å². The third-order valence-corrected chi connectivity index (χ3v) is 7.17. The number of alkyl halides is 2. The van der Waals surface area contributed by atoms with Crippen LogP contribution >= 0.6 is 20.6 Å². The number of carbonyl (C=O) groups excluding carboxylic acids is 4. The van der Waals surface area contributed by atoms with Gasteiger partial charge in [0.05, 0.1) is 6.61 Å². The molecule has 4 rings (SSSR count). The van der Waals surface area contributed by atoms with E-state index in [1.165, 1.54) is 17.0 Å². The number of carbonyl (C=O) groups is 4. The second-order valence-corrected chi connectivity index (χ2v) is 9.87. The number of piperidine rings is 1. The van der Waals surface area contributed by atoms with Crippen molar-refractivity contribution in [3.8, 4) is 0 Å². The van der Waals surface area contributed by atoms with Crippen LogP contribution in [0, 0.1) is 0 Å². The van der Waals surface area contributed by atoms with Crippen molar-refractivity contribution in [2.75, 3.05) is 13.3 Å². The van der Waals surface area contributed by atoms with E-state index in [0.717, 1.165) is 17.0 Å². The molecule has 0 saturated carbocycles. The third-order valence-electron chi connectivity index (χ3n) is 6.26. The Hall–Kier alpha value is -2.98. The predicted molar refractivity (Wildman–Crippen MR) is 146 cm³/mol. The van der Waals surface area contributed by atoms with Gasteiger partial charge in [-0.15, -0.1) is 0 Å². The van der Waals surface area contributed by atoms with Gasteiger partial charge in [0, 0.05) is 35.7 Å². The number of hydrogen-bond donors (Lipinski definition) is 1. The molecule has 1 fully saturated rings. The second kappa shape index (κ2) is 14.1. The molecule has 2 aliphatic rings. The lowest BCUT2D eigenvalue weighted by atomic mass is 10.0. The molecule has 9 nitrogen and oxygen atoms in total. The fraction of sp³-hybridized carbons (Fsp3) is 0.407. The van der Waals surface area contributed by atoms with E-state index in [1.54, 1.807) is 25.1 Å². The maximum Gasteiger partial charge on any atom is 0.349 e. The molecule has 0 aliphatic carbocycles. The lowest BCUT2D eigenvalue weighted by molar-refractivity contribution is -0.155. The summed E-state index contributed by atoms with van der Waals surface area (Å²) in [6.45, 7) is 5.88. The van der Waals surface area contributed by atoms with E-state index < -0.39 is 29.3 Å². The summed E-state index contributed by atoms with van der Waals surface area (Å²) in [7, 11) is -0.321. The standard InChI is InChI=1S/C25H25ClF2N3O6P.C2H6/c1-2-36-38-37-14-31-21(32)10-9-20(23(31)34)30-13-16-11-15(3-8-19(16)22(30)33)12-29-24(35)25(27,28)17-4-6-18(26)7-5-17;1-2/h3-8,11,20,38H,2,9-10,12-14H2,1H3,(H,29,35);1-2H3. The zero-order valence-corrected chi connectivity index (χ0v) is 24.1. The average molecular weight is 598 g/mol. The first kappa shape index (κ1) is 31.5. The molecule has 4 amide bonds. The Labute approximate surface area is 238 Å². The minimum absolute atomic E-state index is 0.0801. The van der Waals surface area contributed by atoms with Crippen molar-refractivity contribution < 1.29 is 37.0 Å². The smallest absolute Gasteiger partial charge is 0.346 e. The van der Waals surface area contributed by atoms with Gasteiger partial charge in [-0.3, -0.25) is 24.1 Å². The Bertz CT molecular complexity index is 1250. The van der Waals surface area contributed by atoms with Crippen LogP contribution in [0.25, 0.3) is 0 Å². The van der Waals surface area contributed by atoms with Crippen LogP contribution in [0.5, 0.6) is 0 Å². The van der Waals surface area contributed by atoms with Gasteiger partial charge >= 0.3 is 5.92 Å². The first-order valence-corrected chi connectivity index (χ1v) is 14.0. The van der Waals surface area contributed by atoms with Gasteiger partial charge in [-0.25, -0.2) is 0 Å². The highest BCUT2D eigenvalue weighted by Gasteiger charge is 2.43. The summed E-state index contributed by atoms with van der Waals surface area (Å²) in [5.74, 6) is -6.51. The molecule has 40 heavy (non-hydrogen) atoms. The molecule has 1 N–H and O–H groups in total. The Balaban J connectivity index is 0.00000216. The quantitative estimate of drug-likeness (QED) is 0.240. The van der Waals surface area contributed by atoms with Crippen LogP contribution < -0.4 is 5.32 Å². The first-order valence-electron chi connectivity index (χ1n) is 12.8. The summed E-state index contributed by atoms with van der Waals surface area (Å²) >= 11 is 5.73. The van der Waals surface area contributed by atoms with Crippen molar-refractivity contribution in [2.24, 2.45) is 0 Å². The second-order valence-electron chi connectivity index (χ2n) is 8.69. The van der Waals surface area contributed by atoms with Gasteiger partial charge in [-0.2, -0.15) is 8.78 Å². The van der Waals surface area contributed by atoms with Crippen LogP contribution in [0.3, 0.4) is 0 Å². The summed E-state index contributed by atoms with van der Waals surface area (Å²) < 4.78 is 39.4. The van der Waals surface area contributed by atoms with Gasteiger partial charge < -0.3 is 19.3 Å². The number of likely N-dealkylation sites (tertiary alicyclic amines) is 1. The summed E-state index contributed by atoms with van der Waals surface area (Å²) in [5, 5.41) is 2.51. The lowest BCUT2D eigenvalue weighted by Crippen LogP contribution is -2.54. The number of imide groups is 1. The molecular weight excluding hydrogens is 567 g/mol. The number of benzene rings is 2. The molecule has 0 aromatic heterocycles. The highest BCUT2D eigenvalue weighted by molar-refractivity contribution is 7.26. The minimum Gasteiger partial charge on any atom is -0.346 e. The molecule has 2 aromatic carbocycles. The summed E-state index contributed by atoms with van der Waals surface area (Å²) in [6, 6.07) is 8.63. The molecule has 2 aromatic rings. The average Bonchev–Trinajstić information content (AvgIpc) is 3.27. The number of rotatable bonds is 10. The summed E-state index contributed by atoms with van der Waals surface area (Å²) in [6.07, 6.45) is 0.265. The highest BCUT2D eigenvalue weighted by atomic mass is 35.5. The van der Waals surface area contributed by atoms with Crippen LogP contribution in [0.2, 0.25) is 5.02 Å². The number of fused-ring (bicyclic) bond motifs is 1. The molecule has 2 aliphatic heterocycles. The van der Waals surface area contributed by atoms with E-state index in [-0.39, 0.29) is 58.5 Å². The van der Waals surface area contributed by atoms with Crippen LogP contribution in [0.15, 0.2) is 42.5 Å². The monoisotopic (exact) mass is 597 g/mol. The molecular formula is C27H31ClF2N3O6P. The first-order chi connectivity index (χ1) is 19.1. The van der Waals surface area contributed by atoms with Crippen LogP contribution in [0.4, 0.5) is 8.78 Å². The highest BCUT2D eigenvalue weighted by Crippen LogP contribution is 2.31. The van der Waals surface area contributed by atoms with Gasteiger partial charge in [0.2, 0.25) is 5.91 Å². The number of nitrogens with one attached hydrogen (secondary N) is 1. The van der Waals surface area contributed by atoms with Gasteiger partial charge in [-0.1, -0.05) is 49.7 Å². The SMILES string of the molecule is CC.CCOPOCN1C(=O)CCC(N2Cc3cc(CNC(=O)C(F)(F)c4ccc(Cl)cc4)ccc3C2=O)C1=O.